The van der Waals surface area contributed by atoms with E-state index in [0.29, 0.717) is 0 Å². The second-order valence-electron chi connectivity index (χ2n) is 8.67. The molecule has 0 aliphatic carbocycles. The van der Waals surface area contributed by atoms with Gasteiger partial charge < -0.3 is 15.3 Å². The van der Waals surface area contributed by atoms with E-state index in [-0.39, 0.29) is 34.6 Å². The first-order valence-electron chi connectivity index (χ1n) is 12.6. The van der Waals surface area contributed by atoms with E-state index in [1.54, 1.807) is 36.4 Å². The van der Waals surface area contributed by atoms with Crippen LogP contribution in [-0.4, -0.2) is 17.4 Å². The number of benzene rings is 6. The molecule has 6 rings (SSSR count). The zero-order valence-corrected chi connectivity index (χ0v) is 23.0. The van der Waals surface area contributed by atoms with Crippen LogP contribution >= 0.6 is 0 Å². The predicted octanol–water partition coefficient (Wildman–Crippen LogP) is 6.90. The van der Waals surface area contributed by atoms with Gasteiger partial charge in [0.25, 0.3) is 0 Å². The van der Waals surface area contributed by atoms with Crippen LogP contribution in [0.4, 0.5) is 0 Å². The minimum atomic E-state index is 0. The van der Waals surface area contributed by atoms with Gasteiger partial charge in [-0.15, -0.1) is 17.2 Å². The smallest absolute Gasteiger partial charge is 0.872 e. The van der Waals surface area contributed by atoms with Gasteiger partial charge in [-0.1, -0.05) is 164 Å². The van der Waals surface area contributed by atoms with Crippen LogP contribution in [0, 0.1) is 0 Å². The van der Waals surface area contributed by atoms with Gasteiger partial charge in [-0.2, -0.15) is 0 Å². The van der Waals surface area contributed by atoms with Gasteiger partial charge in [0, 0.05) is 0 Å². The van der Waals surface area contributed by atoms with Crippen LogP contribution in [0.3, 0.4) is 0 Å². The molecule has 0 N–H and O–H groups in total. The fourth-order valence-corrected chi connectivity index (χ4v) is 3.83. The Morgan fingerprint density at radius 1 is 0.225 bits per heavy atom. The normalized spacial score (nSPS) is 9.60. The molecule has 0 aliphatic heterocycles. The Morgan fingerprint density at radius 3 is 0.600 bits per heavy atom. The third-order valence-corrected chi connectivity index (χ3v) is 5.88. The number of hydrogen-bond acceptors (Lipinski definition) is 3. The van der Waals surface area contributed by atoms with Gasteiger partial charge in [0.1, 0.15) is 0 Å². The minimum Gasteiger partial charge on any atom is -0.872 e. The second kappa shape index (κ2) is 15.6. The largest absolute Gasteiger partial charge is 3.00 e. The molecule has 3 nitrogen and oxygen atoms in total. The number of hydrogen-bond donors (Lipinski definition) is 0. The fraction of sp³-hybridized carbons (Fsp3) is 0. The van der Waals surface area contributed by atoms with Crippen molar-refractivity contribution in [2.24, 2.45) is 0 Å². The van der Waals surface area contributed by atoms with E-state index in [1.807, 2.05) is 127 Å². The molecule has 192 valence electrons. The van der Waals surface area contributed by atoms with Crippen molar-refractivity contribution in [3.05, 3.63) is 164 Å². The van der Waals surface area contributed by atoms with E-state index in [1.165, 1.54) is 0 Å². The van der Waals surface area contributed by atoms with Crippen molar-refractivity contribution in [1.82, 2.24) is 0 Å². The standard InChI is InChI=1S/3C12H10O.Al/c3*13-12-8-6-11(7-9-12)10-4-2-1-3-5-10;/h3*1-9,13H;/q;;;+3/p-3. The summed E-state index contributed by atoms with van der Waals surface area (Å²) in [6.45, 7) is 0. The maximum Gasteiger partial charge on any atom is 3.00 e. The van der Waals surface area contributed by atoms with Crippen molar-refractivity contribution in [1.29, 1.82) is 0 Å². The zero-order chi connectivity index (χ0) is 27.3. The minimum absolute atomic E-state index is 0. The Bertz CT molecular complexity index is 1330. The van der Waals surface area contributed by atoms with E-state index in [4.69, 9.17) is 0 Å². The van der Waals surface area contributed by atoms with E-state index < -0.39 is 0 Å². The molecule has 0 atom stereocenters. The molecule has 0 amide bonds. The molecule has 0 aromatic heterocycles. The molecule has 0 radical (unpaired) electrons. The third kappa shape index (κ3) is 9.22. The summed E-state index contributed by atoms with van der Waals surface area (Å²) < 4.78 is 0. The van der Waals surface area contributed by atoms with Gasteiger partial charge in [-0.3, -0.25) is 0 Å². The average Bonchev–Trinajstić information content (AvgIpc) is 3.00. The molecule has 0 saturated heterocycles. The van der Waals surface area contributed by atoms with Gasteiger partial charge >= 0.3 is 17.4 Å². The molecule has 4 heteroatoms. The van der Waals surface area contributed by atoms with Crippen LogP contribution in [0.25, 0.3) is 33.4 Å². The van der Waals surface area contributed by atoms with E-state index in [0.717, 1.165) is 33.4 Å². The summed E-state index contributed by atoms with van der Waals surface area (Å²) in [7, 11) is 0. The predicted molar refractivity (Wildman–Crippen MR) is 160 cm³/mol. The zero-order valence-electron chi connectivity index (χ0n) is 21.9. The number of rotatable bonds is 3. The Hall–Kier alpha value is -4.75. The first-order chi connectivity index (χ1) is 19.1. The molecule has 0 spiro atoms. The fourth-order valence-electron chi connectivity index (χ4n) is 3.83. The molecular formula is C36H27AlO3. The molecule has 0 heterocycles. The SMILES string of the molecule is [Al+3].[O-]c1ccc(-c2ccccc2)cc1.[O-]c1ccc(-c2ccccc2)cc1.[O-]c1ccc(-c2ccccc2)cc1. The van der Waals surface area contributed by atoms with Gasteiger partial charge in [0.15, 0.2) is 0 Å². The first-order valence-corrected chi connectivity index (χ1v) is 12.6. The van der Waals surface area contributed by atoms with E-state index >= 15 is 0 Å². The van der Waals surface area contributed by atoms with Crippen molar-refractivity contribution in [2.45, 2.75) is 0 Å². The van der Waals surface area contributed by atoms with Crippen LogP contribution in [-0.2, 0) is 0 Å². The summed E-state index contributed by atoms with van der Waals surface area (Å²) >= 11 is 0. The van der Waals surface area contributed by atoms with Gasteiger partial charge in [0.05, 0.1) is 0 Å². The monoisotopic (exact) mass is 534 g/mol. The average molecular weight is 535 g/mol. The molecule has 6 aromatic rings. The summed E-state index contributed by atoms with van der Waals surface area (Å²) in [5, 5.41) is 32.6. The maximum atomic E-state index is 10.9. The van der Waals surface area contributed by atoms with Crippen molar-refractivity contribution >= 4 is 17.4 Å². The summed E-state index contributed by atoms with van der Waals surface area (Å²) in [6.07, 6.45) is 0. The van der Waals surface area contributed by atoms with Gasteiger partial charge in [-0.05, 0) is 33.4 Å². The van der Waals surface area contributed by atoms with Crippen molar-refractivity contribution in [2.75, 3.05) is 0 Å². The molecule has 0 unspecified atom stereocenters. The third-order valence-electron chi connectivity index (χ3n) is 5.88. The summed E-state index contributed by atoms with van der Waals surface area (Å²) in [5.41, 5.74) is 6.67. The Kier molecular flexibility index (Phi) is 11.6. The first kappa shape index (κ1) is 29.8. The molecular weight excluding hydrogens is 507 g/mol. The van der Waals surface area contributed by atoms with Crippen molar-refractivity contribution < 1.29 is 15.3 Å². The Morgan fingerprint density at radius 2 is 0.400 bits per heavy atom. The molecule has 40 heavy (non-hydrogen) atoms. The Balaban J connectivity index is 0.000000163. The summed E-state index contributed by atoms with van der Waals surface area (Å²) in [5.74, 6) is 0.166. The van der Waals surface area contributed by atoms with Crippen LogP contribution in [0.15, 0.2) is 164 Å². The molecule has 0 bridgehead atoms. The van der Waals surface area contributed by atoms with Crippen LogP contribution in [0.1, 0.15) is 0 Å². The van der Waals surface area contributed by atoms with Crippen molar-refractivity contribution in [3.63, 3.8) is 0 Å². The summed E-state index contributed by atoms with van der Waals surface area (Å²) in [6, 6.07) is 50.6. The van der Waals surface area contributed by atoms with Crippen LogP contribution in [0.2, 0.25) is 0 Å². The quantitative estimate of drug-likeness (QED) is 0.232. The van der Waals surface area contributed by atoms with E-state index in [9.17, 15) is 15.3 Å². The maximum absolute atomic E-state index is 10.9. The van der Waals surface area contributed by atoms with E-state index in [2.05, 4.69) is 0 Å². The molecule has 6 aromatic carbocycles. The van der Waals surface area contributed by atoms with Gasteiger partial charge in [0.2, 0.25) is 0 Å². The van der Waals surface area contributed by atoms with Crippen molar-refractivity contribution in [3.8, 4) is 50.6 Å². The topological polar surface area (TPSA) is 69.2 Å². The second-order valence-corrected chi connectivity index (χ2v) is 8.67. The Labute approximate surface area is 246 Å². The van der Waals surface area contributed by atoms with Crippen LogP contribution < -0.4 is 15.3 Å². The van der Waals surface area contributed by atoms with Crippen LogP contribution in [0.5, 0.6) is 17.2 Å². The molecule has 0 fully saturated rings. The molecule has 0 saturated carbocycles. The van der Waals surface area contributed by atoms with Gasteiger partial charge in [-0.25, -0.2) is 0 Å². The molecule has 0 aliphatic rings. The summed E-state index contributed by atoms with van der Waals surface area (Å²) in [4.78, 5) is 0.